The van der Waals surface area contributed by atoms with Crippen molar-refractivity contribution in [1.29, 1.82) is 0 Å². The van der Waals surface area contributed by atoms with Gasteiger partial charge in [0, 0.05) is 19.3 Å². The third kappa shape index (κ3) is 5.56. The van der Waals surface area contributed by atoms with Crippen molar-refractivity contribution in [2.24, 2.45) is 11.7 Å². The molecule has 0 aromatic heterocycles. The molecule has 0 aromatic rings. The highest BCUT2D eigenvalue weighted by Crippen LogP contribution is 2.19. The zero-order valence-corrected chi connectivity index (χ0v) is 8.89. The SMILES string of the molecule is CCC(C)CC(C)(N)CCOC. The van der Waals surface area contributed by atoms with Gasteiger partial charge in [-0.1, -0.05) is 20.3 Å². The standard InChI is InChI=1S/C10H23NO/c1-5-9(2)8-10(3,11)6-7-12-4/h9H,5-8,11H2,1-4H3. The van der Waals surface area contributed by atoms with E-state index in [0.29, 0.717) is 0 Å². The van der Waals surface area contributed by atoms with Crippen LogP contribution in [0.25, 0.3) is 0 Å². The zero-order chi connectivity index (χ0) is 9.61. The summed E-state index contributed by atoms with van der Waals surface area (Å²) in [6.07, 6.45) is 3.25. The van der Waals surface area contributed by atoms with Crippen molar-refractivity contribution >= 4 is 0 Å². The first-order valence-corrected chi connectivity index (χ1v) is 4.79. The molecule has 0 fully saturated rings. The maximum absolute atomic E-state index is 6.10. The highest BCUT2D eigenvalue weighted by molar-refractivity contribution is 4.79. The van der Waals surface area contributed by atoms with Crippen LogP contribution in [0.15, 0.2) is 0 Å². The maximum Gasteiger partial charge on any atom is 0.0479 e. The van der Waals surface area contributed by atoms with Gasteiger partial charge < -0.3 is 10.5 Å². The number of nitrogens with two attached hydrogens (primary N) is 1. The fourth-order valence-corrected chi connectivity index (χ4v) is 1.38. The van der Waals surface area contributed by atoms with E-state index < -0.39 is 0 Å². The summed E-state index contributed by atoms with van der Waals surface area (Å²) in [5.41, 5.74) is 6.05. The van der Waals surface area contributed by atoms with Crippen LogP contribution >= 0.6 is 0 Å². The molecule has 0 bridgehead atoms. The summed E-state index contributed by atoms with van der Waals surface area (Å²) < 4.78 is 5.01. The summed E-state index contributed by atoms with van der Waals surface area (Å²) in [5, 5.41) is 0. The second kappa shape index (κ2) is 5.55. The summed E-state index contributed by atoms with van der Waals surface area (Å²) in [5.74, 6) is 0.719. The number of methoxy groups -OCH3 is 1. The number of hydrogen-bond acceptors (Lipinski definition) is 2. The van der Waals surface area contributed by atoms with Gasteiger partial charge >= 0.3 is 0 Å². The molecule has 2 unspecified atom stereocenters. The molecule has 2 N–H and O–H groups in total. The number of ether oxygens (including phenoxy) is 1. The van der Waals surface area contributed by atoms with Crippen molar-refractivity contribution < 1.29 is 4.74 Å². The summed E-state index contributed by atoms with van der Waals surface area (Å²) in [7, 11) is 1.72. The van der Waals surface area contributed by atoms with Crippen molar-refractivity contribution in [3.63, 3.8) is 0 Å². The lowest BCUT2D eigenvalue weighted by atomic mass is 9.87. The van der Waals surface area contributed by atoms with Gasteiger partial charge in [0.25, 0.3) is 0 Å². The average Bonchev–Trinajstić information content (AvgIpc) is 2.00. The molecular weight excluding hydrogens is 150 g/mol. The minimum atomic E-state index is -0.0502. The van der Waals surface area contributed by atoms with Crippen molar-refractivity contribution in [1.82, 2.24) is 0 Å². The summed E-state index contributed by atoms with van der Waals surface area (Å²) in [6, 6.07) is 0. The monoisotopic (exact) mass is 173 g/mol. The van der Waals surface area contributed by atoms with E-state index in [9.17, 15) is 0 Å². The van der Waals surface area contributed by atoms with E-state index in [4.69, 9.17) is 10.5 Å². The number of rotatable bonds is 6. The van der Waals surface area contributed by atoms with Gasteiger partial charge in [-0.2, -0.15) is 0 Å². The Morgan fingerprint density at radius 2 is 2.08 bits per heavy atom. The molecule has 0 aliphatic carbocycles. The van der Waals surface area contributed by atoms with Gasteiger partial charge in [-0.15, -0.1) is 0 Å². The van der Waals surface area contributed by atoms with Crippen molar-refractivity contribution in [3.8, 4) is 0 Å². The highest BCUT2D eigenvalue weighted by Gasteiger charge is 2.20. The van der Waals surface area contributed by atoms with E-state index >= 15 is 0 Å². The van der Waals surface area contributed by atoms with Crippen LogP contribution in [-0.4, -0.2) is 19.3 Å². The Balaban J connectivity index is 3.69. The van der Waals surface area contributed by atoms with Crippen molar-refractivity contribution in [2.75, 3.05) is 13.7 Å². The summed E-state index contributed by atoms with van der Waals surface area (Å²) in [4.78, 5) is 0. The Kier molecular flexibility index (Phi) is 5.51. The smallest absolute Gasteiger partial charge is 0.0479 e. The lowest BCUT2D eigenvalue weighted by molar-refractivity contribution is 0.163. The van der Waals surface area contributed by atoms with Gasteiger partial charge in [-0.25, -0.2) is 0 Å². The minimum absolute atomic E-state index is 0.0502. The van der Waals surface area contributed by atoms with Crippen LogP contribution < -0.4 is 5.73 Å². The van der Waals surface area contributed by atoms with Crippen LogP contribution in [-0.2, 0) is 4.74 Å². The largest absolute Gasteiger partial charge is 0.385 e. The van der Waals surface area contributed by atoms with Gasteiger partial charge in [0.1, 0.15) is 0 Å². The van der Waals surface area contributed by atoms with E-state index in [0.717, 1.165) is 25.4 Å². The van der Waals surface area contributed by atoms with Gasteiger partial charge in [0.15, 0.2) is 0 Å². The van der Waals surface area contributed by atoms with E-state index in [1.54, 1.807) is 7.11 Å². The first-order chi connectivity index (χ1) is 5.52. The van der Waals surface area contributed by atoms with Crippen LogP contribution in [0.2, 0.25) is 0 Å². The fraction of sp³-hybridized carbons (Fsp3) is 1.00. The van der Waals surface area contributed by atoms with Crippen LogP contribution in [0.1, 0.15) is 40.0 Å². The lowest BCUT2D eigenvalue weighted by Gasteiger charge is -2.27. The van der Waals surface area contributed by atoms with E-state index in [2.05, 4.69) is 20.8 Å². The normalized spacial score (nSPS) is 18.8. The highest BCUT2D eigenvalue weighted by atomic mass is 16.5. The van der Waals surface area contributed by atoms with E-state index in [-0.39, 0.29) is 5.54 Å². The fourth-order valence-electron chi connectivity index (χ4n) is 1.38. The molecule has 0 saturated carbocycles. The van der Waals surface area contributed by atoms with E-state index in [1.165, 1.54) is 6.42 Å². The van der Waals surface area contributed by atoms with Gasteiger partial charge in [-0.05, 0) is 25.7 Å². The van der Waals surface area contributed by atoms with Gasteiger partial charge in [-0.3, -0.25) is 0 Å². The molecule has 0 aromatic carbocycles. The van der Waals surface area contributed by atoms with Crippen LogP contribution in [0.3, 0.4) is 0 Å². The predicted octanol–water partition coefficient (Wildman–Crippen LogP) is 2.18. The lowest BCUT2D eigenvalue weighted by Crippen LogP contribution is -2.38. The predicted molar refractivity (Wildman–Crippen MR) is 53.2 cm³/mol. The second-order valence-electron chi connectivity index (χ2n) is 4.11. The molecule has 2 nitrogen and oxygen atoms in total. The molecule has 12 heavy (non-hydrogen) atoms. The zero-order valence-electron chi connectivity index (χ0n) is 8.89. The summed E-state index contributed by atoms with van der Waals surface area (Å²) in [6.45, 7) is 7.33. The third-order valence-electron chi connectivity index (χ3n) is 2.39. The Morgan fingerprint density at radius 3 is 2.50 bits per heavy atom. The molecule has 0 spiro atoms. The number of hydrogen-bond donors (Lipinski definition) is 1. The first kappa shape index (κ1) is 11.9. The van der Waals surface area contributed by atoms with Crippen LogP contribution in [0, 0.1) is 5.92 Å². The van der Waals surface area contributed by atoms with Crippen molar-refractivity contribution in [2.45, 2.75) is 45.6 Å². The second-order valence-corrected chi connectivity index (χ2v) is 4.11. The molecule has 0 aliphatic rings. The van der Waals surface area contributed by atoms with Crippen LogP contribution in [0.5, 0.6) is 0 Å². The molecular formula is C10H23NO. The summed E-state index contributed by atoms with van der Waals surface area (Å²) >= 11 is 0. The Bertz CT molecular complexity index is 112. The molecule has 0 rings (SSSR count). The topological polar surface area (TPSA) is 35.2 Å². The van der Waals surface area contributed by atoms with Gasteiger partial charge in [0.05, 0.1) is 0 Å². The quantitative estimate of drug-likeness (QED) is 0.668. The molecule has 2 heteroatoms. The molecule has 0 aliphatic heterocycles. The molecule has 0 radical (unpaired) electrons. The molecule has 74 valence electrons. The molecule has 2 atom stereocenters. The van der Waals surface area contributed by atoms with E-state index in [1.807, 2.05) is 0 Å². The first-order valence-electron chi connectivity index (χ1n) is 4.79. The Labute approximate surface area is 76.5 Å². The Hall–Kier alpha value is -0.0800. The maximum atomic E-state index is 6.10. The molecule has 0 heterocycles. The van der Waals surface area contributed by atoms with Gasteiger partial charge in [0.2, 0.25) is 0 Å². The third-order valence-corrected chi connectivity index (χ3v) is 2.39. The molecule has 0 saturated heterocycles. The molecule has 0 amide bonds. The average molecular weight is 173 g/mol. The minimum Gasteiger partial charge on any atom is -0.385 e. The van der Waals surface area contributed by atoms with Crippen LogP contribution in [0.4, 0.5) is 0 Å². The van der Waals surface area contributed by atoms with Crippen molar-refractivity contribution in [3.05, 3.63) is 0 Å². The Morgan fingerprint density at radius 1 is 1.50 bits per heavy atom.